The van der Waals surface area contributed by atoms with Crippen molar-refractivity contribution in [3.63, 3.8) is 0 Å². The molecule has 33 heavy (non-hydrogen) atoms. The molecule has 3 rings (SSSR count). The summed E-state index contributed by atoms with van der Waals surface area (Å²) < 4.78 is 30.1. The number of aliphatic hydroxyl groups excluding tert-OH is 3. The Morgan fingerprint density at radius 3 is 1.55 bits per heavy atom. The van der Waals surface area contributed by atoms with Gasteiger partial charge in [-0.2, -0.15) is 0 Å². The highest BCUT2D eigenvalue weighted by Crippen LogP contribution is 2.39. The highest BCUT2D eigenvalue weighted by molar-refractivity contribution is 4.87. The minimum atomic E-state index is -1.15. The van der Waals surface area contributed by atoms with Crippen molar-refractivity contribution in [2.45, 2.75) is 105 Å². The molecule has 8 heteroatoms. The zero-order valence-corrected chi connectivity index (χ0v) is 21.5. The molecule has 0 spiro atoms. The number of hydrogen-bond donors (Lipinski definition) is 3. The molecule has 0 aromatic carbocycles. The van der Waals surface area contributed by atoms with Gasteiger partial charge in [-0.15, -0.1) is 0 Å². The van der Waals surface area contributed by atoms with Gasteiger partial charge in [-0.1, -0.05) is 34.6 Å². The second-order valence-corrected chi connectivity index (χ2v) is 10.9. The van der Waals surface area contributed by atoms with Crippen molar-refractivity contribution in [3.05, 3.63) is 0 Å². The fourth-order valence-electron chi connectivity index (χ4n) is 5.61. The Bertz CT molecular complexity index is 619. The van der Waals surface area contributed by atoms with Crippen molar-refractivity contribution >= 4 is 0 Å². The largest absolute Gasteiger partial charge is 0.390 e. The Kier molecular flexibility index (Phi) is 9.23. The standard InChI is InChI=1S/C25H46O8/c1-11-13(3)24(30-10-20-15(5)22(27)23(28)31-16(20)6)32-17(7)19(11)9-29-25-14(4)12(2)21(26)18(8)33-25/h11-28H,9-10H2,1-8H3/t11-,12?,13?,14?,15?,16-,17?,18-,19-,20-,21-,22?,23+,24+,25+/m0/s1. The summed E-state index contributed by atoms with van der Waals surface area (Å²) in [6.45, 7) is 17.1. The van der Waals surface area contributed by atoms with Gasteiger partial charge in [0.15, 0.2) is 18.9 Å². The van der Waals surface area contributed by atoms with Gasteiger partial charge < -0.3 is 39.0 Å². The van der Waals surface area contributed by atoms with Crippen LogP contribution in [-0.4, -0.2) is 77.9 Å². The summed E-state index contributed by atoms with van der Waals surface area (Å²) >= 11 is 0. The van der Waals surface area contributed by atoms with Crippen LogP contribution < -0.4 is 0 Å². The Morgan fingerprint density at radius 1 is 0.515 bits per heavy atom. The Labute approximate surface area is 198 Å². The van der Waals surface area contributed by atoms with Gasteiger partial charge in [-0.25, -0.2) is 0 Å². The van der Waals surface area contributed by atoms with Crippen LogP contribution in [0.15, 0.2) is 0 Å². The fraction of sp³-hybridized carbons (Fsp3) is 1.00. The first-order valence-corrected chi connectivity index (χ1v) is 12.7. The third kappa shape index (κ3) is 5.75. The molecule has 0 saturated carbocycles. The van der Waals surface area contributed by atoms with Crippen molar-refractivity contribution in [1.29, 1.82) is 0 Å². The van der Waals surface area contributed by atoms with Crippen molar-refractivity contribution < 1.29 is 39.0 Å². The fourth-order valence-corrected chi connectivity index (χ4v) is 5.61. The summed E-state index contributed by atoms with van der Waals surface area (Å²) in [5, 5.41) is 30.3. The lowest BCUT2D eigenvalue weighted by atomic mass is 9.78. The maximum atomic E-state index is 10.3. The average Bonchev–Trinajstić information content (AvgIpc) is 2.77. The van der Waals surface area contributed by atoms with Gasteiger partial charge in [0.05, 0.1) is 37.6 Å². The van der Waals surface area contributed by atoms with Crippen molar-refractivity contribution in [2.24, 2.45) is 41.4 Å². The van der Waals surface area contributed by atoms with E-state index >= 15 is 0 Å². The molecule has 0 aromatic rings. The van der Waals surface area contributed by atoms with Gasteiger partial charge in [0.1, 0.15) is 6.10 Å². The van der Waals surface area contributed by atoms with Crippen LogP contribution in [0.1, 0.15) is 55.4 Å². The highest BCUT2D eigenvalue weighted by atomic mass is 16.7. The monoisotopic (exact) mass is 474 g/mol. The van der Waals surface area contributed by atoms with Crippen LogP contribution in [0.5, 0.6) is 0 Å². The van der Waals surface area contributed by atoms with E-state index in [1.807, 2.05) is 27.7 Å². The van der Waals surface area contributed by atoms with Gasteiger partial charge in [0.25, 0.3) is 0 Å². The minimum absolute atomic E-state index is 0.0323. The second kappa shape index (κ2) is 11.2. The van der Waals surface area contributed by atoms with E-state index in [2.05, 4.69) is 27.7 Å². The topological polar surface area (TPSA) is 107 Å². The van der Waals surface area contributed by atoms with Crippen molar-refractivity contribution in [3.8, 4) is 0 Å². The first-order valence-electron chi connectivity index (χ1n) is 12.7. The van der Waals surface area contributed by atoms with Gasteiger partial charge >= 0.3 is 0 Å². The molecular weight excluding hydrogens is 428 g/mol. The Morgan fingerprint density at radius 2 is 0.970 bits per heavy atom. The molecule has 0 amide bonds. The lowest BCUT2D eigenvalue weighted by Crippen LogP contribution is -2.53. The van der Waals surface area contributed by atoms with E-state index < -0.39 is 18.5 Å². The first kappa shape index (κ1) is 27.3. The maximum Gasteiger partial charge on any atom is 0.181 e. The summed E-state index contributed by atoms with van der Waals surface area (Å²) in [5.41, 5.74) is 0. The molecule has 15 atom stereocenters. The normalized spacial score (nSPS) is 53.7. The molecule has 3 saturated heterocycles. The lowest BCUT2D eigenvalue weighted by molar-refractivity contribution is -0.293. The number of aliphatic hydroxyl groups is 3. The zero-order chi connectivity index (χ0) is 24.6. The van der Waals surface area contributed by atoms with Crippen LogP contribution in [-0.2, 0) is 23.7 Å². The summed E-state index contributed by atoms with van der Waals surface area (Å²) in [5.74, 6) is 0.708. The van der Waals surface area contributed by atoms with E-state index in [-0.39, 0.29) is 66.4 Å². The third-order valence-electron chi connectivity index (χ3n) is 8.88. The molecule has 0 aliphatic carbocycles. The van der Waals surface area contributed by atoms with E-state index in [1.54, 1.807) is 0 Å². The van der Waals surface area contributed by atoms with Crippen LogP contribution in [0.2, 0.25) is 0 Å². The van der Waals surface area contributed by atoms with Crippen LogP contribution in [0.25, 0.3) is 0 Å². The molecule has 3 aliphatic rings. The second-order valence-electron chi connectivity index (χ2n) is 10.9. The predicted octanol–water partition coefficient (Wildman–Crippen LogP) is 2.38. The molecule has 0 radical (unpaired) electrons. The van der Waals surface area contributed by atoms with E-state index in [1.165, 1.54) is 0 Å². The minimum Gasteiger partial charge on any atom is -0.390 e. The summed E-state index contributed by atoms with van der Waals surface area (Å²) in [4.78, 5) is 0. The number of rotatable bonds is 6. The Hall–Kier alpha value is -0.320. The summed E-state index contributed by atoms with van der Waals surface area (Å²) in [6, 6.07) is 0. The number of ether oxygens (including phenoxy) is 5. The molecule has 0 bridgehead atoms. The van der Waals surface area contributed by atoms with Crippen LogP contribution >= 0.6 is 0 Å². The number of hydrogen-bond acceptors (Lipinski definition) is 8. The predicted molar refractivity (Wildman–Crippen MR) is 122 cm³/mol. The van der Waals surface area contributed by atoms with Crippen LogP contribution in [0.3, 0.4) is 0 Å². The molecule has 8 nitrogen and oxygen atoms in total. The molecule has 3 aliphatic heterocycles. The molecular formula is C25H46O8. The molecule has 6 unspecified atom stereocenters. The van der Waals surface area contributed by atoms with Gasteiger partial charge in [-0.3, -0.25) is 0 Å². The SMILES string of the molecule is CC1C(C)[C@H](O)[C@H](C)O[C@H]1OC[C@@H]1C(C)O[C@@H](OC[C@H]2C(C)C(O)[C@H](O)O[C@H]2C)C(C)[C@@H]1C. The molecule has 0 aromatic heterocycles. The van der Waals surface area contributed by atoms with Gasteiger partial charge in [0, 0.05) is 23.7 Å². The first-order chi connectivity index (χ1) is 15.4. The van der Waals surface area contributed by atoms with E-state index in [0.717, 1.165) is 0 Å². The summed E-state index contributed by atoms with van der Waals surface area (Å²) in [7, 11) is 0. The van der Waals surface area contributed by atoms with Gasteiger partial charge in [-0.05, 0) is 38.5 Å². The Balaban J connectivity index is 1.53. The molecule has 3 heterocycles. The highest BCUT2D eigenvalue weighted by Gasteiger charge is 2.45. The van der Waals surface area contributed by atoms with Crippen molar-refractivity contribution in [1.82, 2.24) is 0 Å². The zero-order valence-electron chi connectivity index (χ0n) is 21.5. The van der Waals surface area contributed by atoms with Gasteiger partial charge in [0.2, 0.25) is 0 Å². The molecule has 3 fully saturated rings. The lowest BCUT2D eigenvalue weighted by Gasteiger charge is -2.46. The smallest absolute Gasteiger partial charge is 0.181 e. The molecule has 3 N–H and O–H groups in total. The van der Waals surface area contributed by atoms with E-state index in [9.17, 15) is 15.3 Å². The van der Waals surface area contributed by atoms with E-state index in [0.29, 0.717) is 19.1 Å². The van der Waals surface area contributed by atoms with Crippen molar-refractivity contribution in [2.75, 3.05) is 13.2 Å². The van der Waals surface area contributed by atoms with E-state index in [4.69, 9.17) is 23.7 Å². The van der Waals surface area contributed by atoms with Crippen LogP contribution in [0.4, 0.5) is 0 Å². The third-order valence-corrected chi connectivity index (χ3v) is 8.88. The molecule has 194 valence electrons. The summed E-state index contributed by atoms with van der Waals surface area (Å²) in [6.07, 6.45) is -3.74. The average molecular weight is 475 g/mol. The van der Waals surface area contributed by atoms with Crippen LogP contribution in [0, 0.1) is 41.4 Å². The maximum absolute atomic E-state index is 10.3. The quantitative estimate of drug-likeness (QED) is 0.539.